The van der Waals surface area contributed by atoms with Crippen molar-refractivity contribution < 1.29 is 117 Å². The van der Waals surface area contributed by atoms with E-state index in [-0.39, 0.29) is 24.2 Å². The fraction of sp³-hybridized carbons (Fsp3) is 0.0426. The Kier molecular flexibility index (Phi) is 13.8. The van der Waals surface area contributed by atoms with E-state index in [9.17, 15) is 93.7 Å². The average Bonchev–Trinajstić information content (AvgIpc) is 3.81. The Morgan fingerprint density at radius 1 is 0.397 bits per heavy atom. The number of benzene rings is 6. The number of phenolic OH excluding ortho intramolecular Hbond substituents is 10. The van der Waals surface area contributed by atoms with Crippen LogP contribution in [0.3, 0.4) is 0 Å². The molecule has 0 aliphatic heterocycles. The molecule has 1 heterocycles. The number of nitrogens with zero attached hydrogens (tertiary/aromatic N) is 1. The number of aromatic amines is 1. The summed E-state index contributed by atoms with van der Waals surface area (Å²) in [5.41, 5.74) is -3.23. The Balaban J connectivity index is 1.04. The molecular formula is C47H30F2N2O22. The van der Waals surface area contributed by atoms with E-state index in [1.807, 2.05) is 0 Å². The maximum absolute atomic E-state index is 13.6. The second kappa shape index (κ2) is 20.0. The molecule has 0 aliphatic rings. The number of halogens is 2. The number of phenols is 10. The van der Waals surface area contributed by atoms with Crippen LogP contribution in [0, 0.1) is 11.6 Å². The Labute approximate surface area is 403 Å². The topological polar surface area (TPSA) is 400 Å². The molecule has 12 N–H and O–H groups in total. The molecule has 0 atom stereocenters. The van der Waals surface area contributed by atoms with Gasteiger partial charge >= 0.3 is 35.8 Å². The van der Waals surface area contributed by atoms with Gasteiger partial charge in [-0.15, -0.1) is 0 Å². The number of aromatic carboxylic acids is 1. The molecule has 0 bridgehead atoms. The minimum Gasteiger partial charge on any atom is -0.504 e. The van der Waals surface area contributed by atoms with E-state index in [2.05, 4.69) is 10.2 Å². The van der Waals surface area contributed by atoms with Crippen LogP contribution >= 0.6 is 0 Å². The van der Waals surface area contributed by atoms with E-state index in [1.165, 1.54) is 6.07 Å². The third-order valence-corrected chi connectivity index (χ3v) is 9.92. The lowest BCUT2D eigenvalue weighted by Crippen LogP contribution is -2.14. The molecule has 0 saturated heterocycles. The number of hydrogen-bond acceptors (Lipinski definition) is 22. The lowest BCUT2D eigenvalue weighted by atomic mass is 10.1. The van der Waals surface area contributed by atoms with Crippen LogP contribution in [0.15, 0.2) is 84.9 Å². The molecule has 26 heteroatoms. The summed E-state index contributed by atoms with van der Waals surface area (Å²) in [4.78, 5) is 77.0. The van der Waals surface area contributed by atoms with Crippen molar-refractivity contribution in [3.63, 3.8) is 0 Å². The molecule has 7 aromatic rings. The Bertz CT molecular complexity index is 3440. The van der Waals surface area contributed by atoms with Crippen molar-refractivity contribution in [2.24, 2.45) is 0 Å². The lowest BCUT2D eigenvalue weighted by molar-refractivity contribution is 0.0684. The molecule has 0 aliphatic carbocycles. The molecular weight excluding hydrogens is 983 g/mol. The number of aryl methyl sites for hydroxylation is 2. The maximum atomic E-state index is 13.6. The average molecular weight is 1010 g/mol. The van der Waals surface area contributed by atoms with Crippen molar-refractivity contribution in [2.45, 2.75) is 12.8 Å². The molecule has 374 valence electrons. The van der Waals surface area contributed by atoms with Crippen LogP contribution in [0.25, 0.3) is 0 Å². The molecule has 1 aromatic heterocycles. The number of carboxylic acid groups (broad SMARTS) is 1. The summed E-state index contributed by atoms with van der Waals surface area (Å²) in [6.45, 7) is 0. The fourth-order valence-electron chi connectivity index (χ4n) is 6.36. The van der Waals surface area contributed by atoms with Crippen LogP contribution in [0.5, 0.6) is 86.2 Å². The highest BCUT2D eigenvalue weighted by molar-refractivity contribution is 5.98. The van der Waals surface area contributed by atoms with Gasteiger partial charge in [0.25, 0.3) is 0 Å². The molecule has 0 saturated carbocycles. The lowest BCUT2D eigenvalue weighted by Gasteiger charge is -2.13. The summed E-state index contributed by atoms with van der Waals surface area (Å²) < 4.78 is 52.4. The molecule has 7 rings (SSSR count). The summed E-state index contributed by atoms with van der Waals surface area (Å²) in [6, 6.07) is 10.4. The monoisotopic (exact) mass is 1010 g/mol. The predicted molar refractivity (Wildman–Crippen MR) is 233 cm³/mol. The molecule has 0 spiro atoms. The maximum Gasteiger partial charge on any atom is 0.361 e. The van der Waals surface area contributed by atoms with Crippen LogP contribution in [-0.4, -0.2) is 102 Å². The normalized spacial score (nSPS) is 10.8. The van der Waals surface area contributed by atoms with E-state index in [1.54, 1.807) is 0 Å². The van der Waals surface area contributed by atoms with E-state index in [4.69, 9.17) is 23.7 Å². The number of aromatic nitrogens is 2. The first kappa shape index (κ1) is 50.1. The van der Waals surface area contributed by atoms with E-state index < -0.39 is 162 Å². The Morgan fingerprint density at radius 3 is 1.03 bits per heavy atom. The quantitative estimate of drug-likeness (QED) is 0.0372. The zero-order valence-electron chi connectivity index (χ0n) is 36.1. The number of carbonyl (C=O) groups is 6. The van der Waals surface area contributed by atoms with Gasteiger partial charge in [0.2, 0.25) is 28.7 Å². The number of carbonyl (C=O) groups excluding carboxylic acids is 5. The standard InChI is InChI=1S/C47H30F2N2O22/c48-23-3-17(4-24(49)15-23)1-2-25-16-26(51-50-25)47(68)73-36-14-22(9-31(56)41(36)61)46(67)72-35-13-21(8-30(55)40(35)60)45(66)71-34-12-20(7-29(54)39(34)59)44(65)70-33-11-19(6-28(53)38(33)58)43(64)69-32-10-18(42(62)63)5-27(52)37(32)57/h3-16,52-61H,1-2H2,(H,50,51)(H,62,63). The Hall–Kier alpha value is -10.8. The van der Waals surface area contributed by atoms with Crippen molar-refractivity contribution in [1.29, 1.82) is 0 Å². The van der Waals surface area contributed by atoms with Gasteiger partial charge in [-0.3, -0.25) is 5.10 Å². The molecule has 0 unspecified atom stereocenters. The highest BCUT2D eigenvalue weighted by atomic mass is 19.1. The molecule has 6 aromatic carbocycles. The van der Waals surface area contributed by atoms with Gasteiger partial charge in [0.05, 0.1) is 33.5 Å². The van der Waals surface area contributed by atoms with E-state index >= 15 is 0 Å². The fourth-order valence-corrected chi connectivity index (χ4v) is 6.36. The first-order chi connectivity index (χ1) is 34.4. The van der Waals surface area contributed by atoms with Gasteiger partial charge in [0.15, 0.2) is 57.5 Å². The number of esters is 5. The van der Waals surface area contributed by atoms with Gasteiger partial charge in [0, 0.05) is 6.07 Å². The van der Waals surface area contributed by atoms with Crippen molar-refractivity contribution in [1.82, 2.24) is 10.2 Å². The van der Waals surface area contributed by atoms with Crippen molar-refractivity contribution in [3.8, 4) is 86.2 Å². The number of carboxylic acids is 1. The molecule has 0 radical (unpaired) electrons. The van der Waals surface area contributed by atoms with Gasteiger partial charge in [-0.05, 0) is 97.3 Å². The third-order valence-electron chi connectivity index (χ3n) is 9.92. The van der Waals surface area contributed by atoms with Crippen molar-refractivity contribution in [3.05, 3.63) is 141 Å². The van der Waals surface area contributed by atoms with Crippen LogP contribution < -0.4 is 23.7 Å². The zero-order chi connectivity index (χ0) is 53.2. The Morgan fingerprint density at radius 2 is 0.699 bits per heavy atom. The minimum absolute atomic E-state index is 0.111. The summed E-state index contributed by atoms with van der Waals surface area (Å²) in [6.07, 6.45) is 0.234. The van der Waals surface area contributed by atoms with E-state index in [0.717, 1.165) is 12.1 Å². The first-order valence-electron chi connectivity index (χ1n) is 20.1. The SMILES string of the molecule is O=C(O)c1cc(O)c(O)c(OC(=O)c2cc(O)c(O)c(OC(=O)c3cc(O)c(O)c(OC(=O)c4cc(O)c(O)c(OC(=O)c5cc(O)c(O)c(OC(=O)c6cc(CCc7cc(F)cc(F)c7)n[nH]6)c5)c4)c3)c2)c1. The highest BCUT2D eigenvalue weighted by Crippen LogP contribution is 2.43. The highest BCUT2D eigenvalue weighted by Gasteiger charge is 2.27. The number of rotatable bonds is 14. The third kappa shape index (κ3) is 11.1. The molecule has 0 amide bonds. The van der Waals surface area contributed by atoms with Gasteiger partial charge in [0.1, 0.15) is 17.3 Å². The van der Waals surface area contributed by atoms with Crippen LogP contribution in [0.1, 0.15) is 73.5 Å². The largest absolute Gasteiger partial charge is 0.504 e. The van der Waals surface area contributed by atoms with Gasteiger partial charge in [-0.25, -0.2) is 37.5 Å². The van der Waals surface area contributed by atoms with Gasteiger partial charge in [-0.1, -0.05) is 0 Å². The second-order valence-corrected chi connectivity index (χ2v) is 15.0. The summed E-state index contributed by atoms with van der Waals surface area (Å²) in [7, 11) is 0. The number of nitrogens with one attached hydrogen (secondary N) is 1. The van der Waals surface area contributed by atoms with E-state index in [0.29, 0.717) is 72.3 Å². The summed E-state index contributed by atoms with van der Waals surface area (Å²) in [5, 5.41) is 119. The zero-order valence-corrected chi connectivity index (χ0v) is 36.1. The van der Waals surface area contributed by atoms with Crippen molar-refractivity contribution >= 4 is 35.8 Å². The van der Waals surface area contributed by atoms with Crippen LogP contribution in [-0.2, 0) is 12.8 Å². The smallest absolute Gasteiger partial charge is 0.361 e. The second-order valence-electron chi connectivity index (χ2n) is 15.0. The molecule has 73 heavy (non-hydrogen) atoms. The van der Waals surface area contributed by atoms with Crippen LogP contribution in [0.4, 0.5) is 8.78 Å². The number of H-pyrrole nitrogens is 1. The first-order valence-corrected chi connectivity index (χ1v) is 20.1. The van der Waals surface area contributed by atoms with Crippen LogP contribution in [0.2, 0.25) is 0 Å². The van der Waals surface area contributed by atoms with Crippen molar-refractivity contribution in [2.75, 3.05) is 0 Å². The predicted octanol–water partition coefficient (Wildman–Crippen LogP) is 5.32. The molecule has 0 fully saturated rings. The van der Waals surface area contributed by atoms with Gasteiger partial charge < -0.3 is 79.9 Å². The number of ether oxygens (including phenoxy) is 5. The van der Waals surface area contributed by atoms with Gasteiger partial charge in [-0.2, -0.15) is 5.10 Å². The summed E-state index contributed by atoms with van der Waals surface area (Å²) >= 11 is 0. The number of hydrogen-bond donors (Lipinski definition) is 12. The molecule has 24 nitrogen and oxygen atoms in total. The minimum atomic E-state index is -1.59. The summed E-state index contributed by atoms with van der Waals surface area (Å²) in [5.74, 6) is -25.9. The number of aromatic hydroxyl groups is 10.